The number of imidazole rings is 1. The van der Waals surface area contributed by atoms with Gasteiger partial charge in [-0.2, -0.15) is 0 Å². The maximum absolute atomic E-state index is 6.00. The lowest BCUT2D eigenvalue weighted by atomic mass is 10.2. The molecule has 0 amide bonds. The molecule has 4 heteroatoms. The summed E-state index contributed by atoms with van der Waals surface area (Å²) in [7, 11) is 0. The third kappa shape index (κ3) is 2.85. The summed E-state index contributed by atoms with van der Waals surface area (Å²) in [6.45, 7) is 7.11. The second kappa shape index (κ2) is 5.44. The van der Waals surface area contributed by atoms with Gasteiger partial charge in [0.2, 0.25) is 0 Å². The Labute approximate surface area is 113 Å². The average molecular weight is 264 g/mol. The Balaban J connectivity index is 2.11. The molecule has 18 heavy (non-hydrogen) atoms. The molecule has 0 saturated carbocycles. The summed E-state index contributed by atoms with van der Waals surface area (Å²) in [5, 5.41) is 4.16. The van der Waals surface area contributed by atoms with Crippen LogP contribution < -0.4 is 5.32 Å². The highest BCUT2D eigenvalue weighted by Gasteiger charge is 2.06. The molecule has 1 N–H and O–H groups in total. The zero-order valence-corrected chi connectivity index (χ0v) is 11.7. The van der Waals surface area contributed by atoms with Gasteiger partial charge in [0.15, 0.2) is 0 Å². The highest BCUT2D eigenvalue weighted by molar-refractivity contribution is 6.30. The Kier molecular flexibility index (Phi) is 3.92. The lowest BCUT2D eigenvalue weighted by Gasteiger charge is -2.14. The van der Waals surface area contributed by atoms with E-state index in [4.69, 9.17) is 11.6 Å². The topological polar surface area (TPSA) is 29.9 Å². The molecular formula is C14H18ClN3. The molecule has 0 spiro atoms. The fourth-order valence-corrected chi connectivity index (χ4v) is 2.08. The Morgan fingerprint density at radius 3 is 2.89 bits per heavy atom. The van der Waals surface area contributed by atoms with Crippen molar-refractivity contribution in [3.63, 3.8) is 0 Å². The Hall–Kier alpha value is -1.48. The van der Waals surface area contributed by atoms with E-state index in [9.17, 15) is 0 Å². The largest absolute Gasteiger partial charge is 0.379 e. The molecule has 0 aliphatic heterocycles. The first-order chi connectivity index (χ1) is 8.58. The van der Waals surface area contributed by atoms with Crippen LogP contribution in [0.3, 0.4) is 0 Å². The van der Waals surface area contributed by atoms with Crippen LogP contribution in [0.25, 0.3) is 0 Å². The molecule has 0 bridgehead atoms. The third-order valence-electron chi connectivity index (χ3n) is 2.96. The van der Waals surface area contributed by atoms with E-state index < -0.39 is 0 Å². The number of rotatable bonds is 4. The summed E-state index contributed by atoms with van der Waals surface area (Å²) >= 11 is 6.00. The first-order valence-corrected chi connectivity index (χ1v) is 6.46. The van der Waals surface area contributed by atoms with Gasteiger partial charge in [-0.05, 0) is 38.5 Å². The van der Waals surface area contributed by atoms with Crippen molar-refractivity contribution in [2.45, 2.75) is 33.4 Å². The maximum atomic E-state index is 6.00. The van der Waals surface area contributed by atoms with E-state index in [0.717, 1.165) is 17.3 Å². The molecule has 0 aliphatic carbocycles. The van der Waals surface area contributed by atoms with Gasteiger partial charge in [-0.3, -0.25) is 0 Å². The normalized spacial score (nSPS) is 10.9. The summed E-state index contributed by atoms with van der Waals surface area (Å²) in [5.74, 6) is 0. The summed E-state index contributed by atoms with van der Waals surface area (Å²) < 4.78 is 2.16. The number of nitrogens with one attached hydrogen (secondary N) is 1. The van der Waals surface area contributed by atoms with Gasteiger partial charge >= 0.3 is 0 Å². The molecule has 0 aliphatic rings. The van der Waals surface area contributed by atoms with Crippen molar-refractivity contribution < 1.29 is 0 Å². The molecule has 1 heterocycles. The van der Waals surface area contributed by atoms with Crippen LogP contribution in [0.4, 0.5) is 5.69 Å². The van der Waals surface area contributed by atoms with Crippen molar-refractivity contribution in [2.24, 2.45) is 0 Å². The van der Waals surface area contributed by atoms with Crippen molar-refractivity contribution in [3.8, 4) is 0 Å². The Bertz CT molecular complexity index is 532. The van der Waals surface area contributed by atoms with E-state index in [1.165, 1.54) is 11.3 Å². The van der Waals surface area contributed by atoms with Gasteiger partial charge in [-0.1, -0.05) is 17.7 Å². The second-order valence-corrected chi connectivity index (χ2v) is 5.14. The van der Waals surface area contributed by atoms with Crippen molar-refractivity contribution in [3.05, 3.63) is 47.0 Å². The highest BCUT2D eigenvalue weighted by atomic mass is 35.5. The molecule has 2 rings (SSSR count). The van der Waals surface area contributed by atoms with E-state index in [-0.39, 0.29) is 0 Å². The lowest BCUT2D eigenvalue weighted by Crippen LogP contribution is -2.09. The third-order valence-corrected chi connectivity index (χ3v) is 3.20. The SMILES string of the molecule is Cc1ccc(Cl)cc1NCc1cncn1C(C)C. The van der Waals surface area contributed by atoms with Gasteiger partial charge in [0.05, 0.1) is 18.6 Å². The first kappa shape index (κ1) is 13.0. The number of anilines is 1. The molecule has 1 aromatic heterocycles. The molecule has 0 atom stereocenters. The van der Waals surface area contributed by atoms with Crippen molar-refractivity contribution in [1.82, 2.24) is 9.55 Å². The van der Waals surface area contributed by atoms with Gasteiger partial charge in [-0.25, -0.2) is 4.98 Å². The van der Waals surface area contributed by atoms with Gasteiger partial charge < -0.3 is 9.88 Å². The van der Waals surface area contributed by atoms with Crippen LogP contribution in [-0.4, -0.2) is 9.55 Å². The van der Waals surface area contributed by atoms with Crippen LogP contribution in [0, 0.1) is 6.92 Å². The standard InChI is InChI=1S/C14H18ClN3/c1-10(2)18-9-16-7-13(18)8-17-14-6-12(15)5-4-11(14)3/h4-7,9-10,17H,8H2,1-3H3. The van der Waals surface area contributed by atoms with E-state index in [0.29, 0.717) is 6.04 Å². The molecule has 3 nitrogen and oxygen atoms in total. The molecular weight excluding hydrogens is 246 g/mol. The minimum Gasteiger partial charge on any atom is -0.379 e. The minimum absolute atomic E-state index is 0.421. The van der Waals surface area contributed by atoms with Gasteiger partial charge in [0.1, 0.15) is 0 Å². The van der Waals surface area contributed by atoms with E-state index in [1.807, 2.05) is 30.7 Å². The molecule has 0 fully saturated rings. The first-order valence-electron chi connectivity index (χ1n) is 6.08. The highest BCUT2D eigenvalue weighted by Crippen LogP contribution is 2.21. The van der Waals surface area contributed by atoms with Crippen LogP contribution in [-0.2, 0) is 6.54 Å². The Morgan fingerprint density at radius 1 is 1.39 bits per heavy atom. The van der Waals surface area contributed by atoms with Crippen LogP contribution in [0.5, 0.6) is 0 Å². The molecule has 2 aromatic rings. The summed E-state index contributed by atoms with van der Waals surface area (Å²) in [5.41, 5.74) is 3.43. The minimum atomic E-state index is 0.421. The van der Waals surface area contributed by atoms with Gasteiger partial charge in [0.25, 0.3) is 0 Å². The number of hydrogen-bond donors (Lipinski definition) is 1. The summed E-state index contributed by atoms with van der Waals surface area (Å²) in [6, 6.07) is 6.29. The van der Waals surface area contributed by atoms with E-state index >= 15 is 0 Å². The number of nitrogens with zero attached hydrogens (tertiary/aromatic N) is 2. The van der Waals surface area contributed by atoms with E-state index in [1.54, 1.807) is 0 Å². The number of hydrogen-bond acceptors (Lipinski definition) is 2. The van der Waals surface area contributed by atoms with Crippen molar-refractivity contribution in [2.75, 3.05) is 5.32 Å². The fourth-order valence-electron chi connectivity index (χ4n) is 1.90. The number of aromatic nitrogens is 2. The van der Waals surface area contributed by atoms with Crippen LogP contribution in [0.2, 0.25) is 5.02 Å². The number of benzene rings is 1. The summed E-state index contributed by atoms with van der Waals surface area (Å²) in [6.07, 6.45) is 3.76. The van der Waals surface area contributed by atoms with Crippen LogP contribution >= 0.6 is 11.6 Å². The molecule has 0 radical (unpaired) electrons. The molecule has 0 unspecified atom stereocenters. The van der Waals surface area contributed by atoms with Crippen LogP contribution in [0.1, 0.15) is 31.1 Å². The van der Waals surface area contributed by atoms with Gasteiger partial charge in [0, 0.05) is 22.9 Å². The fraction of sp³-hybridized carbons (Fsp3) is 0.357. The van der Waals surface area contributed by atoms with Crippen molar-refractivity contribution >= 4 is 17.3 Å². The summed E-state index contributed by atoms with van der Waals surface area (Å²) in [4.78, 5) is 4.19. The predicted molar refractivity (Wildman–Crippen MR) is 76.1 cm³/mol. The monoisotopic (exact) mass is 263 g/mol. The quantitative estimate of drug-likeness (QED) is 0.902. The number of aryl methyl sites for hydroxylation is 1. The zero-order valence-electron chi connectivity index (χ0n) is 10.9. The Morgan fingerprint density at radius 2 is 2.17 bits per heavy atom. The average Bonchev–Trinajstić information content (AvgIpc) is 2.79. The maximum Gasteiger partial charge on any atom is 0.0951 e. The lowest BCUT2D eigenvalue weighted by molar-refractivity contribution is 0.577. The predicted octanol–water partition coefficient (Wildman–Crippen LogP) is 4.04. The number of halogens is 1. The smallest absolute Gasteiger partial charge is 0.0951 e. The molecule has 1 aromatic carbocycles. The molecule has 0 saturated heterocycles. The van der Waals surface area contributed by atoms with E-state index in [2.05, 4.69) is 35.6 Å². The molecule has 96 valence electrons. The second-order valence-electron chi connectivity index (χ2n) is 4.70. The zero-order chi connectivity index (χ0) is 13.1. The van der Waals surface area contributed by atoms with Crippen LogP contribution in [0.15, 0.2) is 30.7 Å². The van der Waals surface area contributed by atoms with Gasteiger partial charge in [-0.15, -0.1) is 0 Å². The van der Waals surface area contributed by atoms with Crippen molar-refractivity contribution in [1.29, 1.82) is 0 Å².